The maximum atomic E-state index is 11.8. The van der Waals surface area contributed by atoms with E-state index in [1.54, 1.807) is 0 Å². The predicted molar refractivity (Wildman–Crippen MR) is 66.0 cm³/mol. The molecular weight excluding hydrogens is 200 g/mol. The van der Waals surface area contributed by atoms with Crippen molar-refractivity contribution >= 4 is 5.78 Å². The normalized spacial score (nSPS) is 10.9. The molecule has 0 heterocycles. The average molecular weight is 220 g/mol. The number of Topliss-reactive ketones (excluding diaryl/α,β-unsaturated/α-hetero) is 1. The first kappa shape index (κ1) is 12.8. The van der Waals surface area contributed by atoms with Crippen molar-refractivity contribution in [2.75, 3.05) is 0 Å². The molecule has 0 atom stereocenters. The van der Waals surface area contributed by atoms with Crippen molar-refractivity contribution in [2.24, 2.45) is 5.92 Å². The van der Waals surface area contributed by atoms with E-state index in [4.69, 9.17) is 4.74 Å². The van der Waals surface area contributed by atoms with Crippen LogP contribution in [-0.4, -0.2) is 11.9 Å². The van der Waals surface area contributed by atoms with Gasteiger partial charge in [0.15, 0.2) is 5.78 Å². The Bertz CT molecular complexity index is 354. The van der Waals surface area contributed by atoms with Crippen molar-refractivity contribution in [1.29, 1.82) is 0 Å². The fourth-order valence-electron chi connectivity index (χ4n) is 1.50. The summed E-state index contributed by atoms with van der Waals surface area (Å²) in [6.45, 7) is 8.05. The maximum Gasteiger partial charge on any atom is 0.163 e. The molecule has 0 amide bonds. The molecule has 0 bridgehead atoms. The quantitative estimate of drug-likeness (QED) is 0.707. The summed E-state index contributed by atoms with van der Waals surface area (Å²) in [5.41, 5.74) is 0.742. The summed E-state index contributed by atoms with van der Waals surface area (Å²) < 4.78 is 5.56. The summed E-state index contributed by atoms with van der Waals surface area (Å²) >= 11 is 0. The molecule has 16 heavy (non-hydrogen) atoms. The molecule has 0 aliphatic heterocycles. The first-order valence-electron chi connectivity index (χ1n) is 5.79. The number of ketones is 1. The topological polar surface area (TPSA) is 26.3 Å². The molecule has 1 rings (SSSR count). The van der Waals surface area contributed by atoms with E-state index in [9.17, 15) is 4.79 Å². The van der Waals surface area contributed by atoms with Gasteiger partial charge >= 0.3 is 0 Å². The SMILES string of the molecule is CC(C)CC(=O)c1cccc(OC(C)C)c1. The Morgan fingerprint density at radius 1 is 1.25 bits per heavy atom. The van der Waals surface area contributed by atoms with Crippen molar-refractivity contribution in [1.82, 2.24) is 0 Å². The summed E-state index contributed by atoms with van der Waals surface area (Å²) in [6, 6.07) is 7.42. The third-order valence-corrected chi connectivity index (χ3v) is 2.12. The summed E-state index contributed by atoms with van der Waals surface area (Å²) in [6.07, 6.45) is 0.723. The summed E-state index contributed by atoms with van der Waals surface area (Å²) in [5, 5.41) is 0. The van der Waals surface area contributed by atoms with Crippen molar-refractivity contribution in [3.05, 3.63) is 29.8 Å². The molecule has 0 aliphatic rings. The van der Waals surface area contributed by atoms with E-state index >= 15 is 0 Å². The molecule has 0 aromatic heterocycles. The van der Waals surface area contributed by atoms with E-state index < -0.39 is 0 Å². The first-order chi connectivity index (χ1) is 7.49. The summed E-state index contributed by atoms with van der Waals surface area (Å²) in [5.74, 6) is 1.34. The van der Waals surface area contributed by atoms with Crippen LogP contribution >= 0.6 is 0 Å². The zero-order valence-corrected chi connectivity index (χ0v) is 10.5. The molecule has 0 spiro atoms. The van der Waals surface area contributed by atoms with E-state index in [0.29, 0.717) is 12.3 Å². The second kappa shape index (κ2) is 5.69. The molecular formula is C14H20O2. The minimum absolute atomic E-state index is 0.135. The van der Waals surface area contributed by atoms with Crippen LogP contribution in [-0.2, 0) is 0 Å². The number of hydrogen-bond acceptors (Lipinski definition) is 2. The van der Waals surface area contributed by atoms with Crippen molar-refractivity contribution in [2.45, 2.75) is 40.2 Å². The van der Waals surface area contributed by atoms with Gasteiger partial charge in [-0.15, -0.1) is 0 Å². The van der Waals surface area contributed by atoms with Crippen LogP contribution in [0.4, 0.5) is 0 Å². The van der Waals surface area contributed by atoms with Gasteiger partial charge in [0, 0.05) is 12.0 Å². The highest BCUT2D eigenvalue weighted by atomic mass is 16.5. The smallest absolute Gasteiger partial charge is 0.163 e. The van der Waals surface area contributed by atoms with Gasteiger partial charge in [0.05, 0.1) is 6.10 Å². The van der Waals surface area contributed by atoms with Gasteiger partial charge in [-0.1, -0.05) is 26.0 Å². The van der Waals surface area contributed by atoms with Gasteiger partial charge in [0.25, 0.3) is 0 Å². The van der Waals surface area contributed by atoms with Gasteiger partial charge in [-0.3, -0.25) is 4.79 Å². The van der Waals surface area contributed by atoms with Crippen LogP contribution in [0.3, 0.4) is 0 Å². The molecule has 2 nitrogen and oxygen atoms in total. The minimum atomic E-state index is 0.135. The second-order valence-corrected chi connectivity index (χ2v) is 4.72. The fourth-order valence-corrected chi connectivity index (χ4v) is 1.50. The van der Waals surface area contributed by atoms with Crippen molar-refractivity contribution < 1.29 is 9.53 Å². The molecule has 0 radical (unpaired) electrons. The molecule has 0 fully saturated rings. The predicted octanol–water partition coefficient (Wildman–Crippen LogP) is 3.70. The lowest BCUT2D eigenvalue weighted by atomic mass is 10.0. The zero-order chi connectivity index (χ0) is 12.1. The van der Waals surface area contributed by atoms with E-state index in [2.05, 4.69) is 0 Å². The van der Waals surface area contributed by atoms with E-state index in [0.717, 1.165) is 11.3 Å². The molecule has 88 valence electrons. The lowest BCUT2D eigenvalue weighted by Gasteiger charge is -2.11. The van der Waals surface area contributed by atoms with Crippen LogP contribution in [0, 0.1) is 5.92 Å². The molecule has 0 saturated carbocycles. The number of hydrogen-bond donors (Lipinski definition) is 0. The monoisotopic (exact) mass is 220 g/mol. The van der Waals surface area contributed by atoms with Gasteiger partial charge in [-0.05, 0) is 31.9 Å². The Hall–Kier alpha value is -1.31. The summed E-state index contributed by atoms with van der Waals surface area (Å²) in [7, 11) is 0. The Kier molecular flexibility index (Phi) is 4.53. The minimum Gasteiger partial charge on any atom is -0.491 e. The maximum absolute atomic E-state index is 11.8. The third-order valence-electron chi connectivity index (χ3n) is 2.12. The highest BCUT2D eigenvalue weighted by Gasteiger charge is 2.09. The van der Waals surface area contributed by atoms with Crippen LogP contribution < -0.4 is 4.74 Å². The van der Waals surface area contributed by atoms with Crippen LogP contribution in [0.25, 0.3) is 0 Å². The Morgan fingerprint density at radius 2 is 1.94 bits per heavy atom. The third kappa shape index (κ3) is 4.05. The average Bonchev–Trinajstić information content (AvgIpc) is 2.16. The number of carbonyl (C=O) groups is 1. The first-order valence-corrected chi connectivity index (χ1v) is 5.79. The number of carbonyl (C=O) groups excluding carboxylic acids is 1. The van der Waals surface area contributed by atoms with Gasteiger partial charge in [0.2, 0.25) is 0 Å². The number of rotatable bonds is 5. The molecule has 0 aliphatic carbocycles. The zero-order valence-electron chi connectivity index (χ0n) is 10.5. The van der Waals surface area contributed by atoms with Gasteiger partial charge < -0.3 is 4.74 Å². The molecule has 0 saturated heterocycles. The second-order valence-electron chi connectivity index (χ2n) is 4.72. The van der Waals surface area contributed by atoms with Crippen molar-refractivity contribution in [3.8, 4) is 5.75 Å². The van der Waals surface area contributed by atoms with Crippen LogP contribution in [0.2, 0.25) is 0 Å². The van der Waals surface area contributed by atoms with Gasteiger partial charge in [-0.2, -0.15) is 0 Å². The number of ether oxygens (including phenoxy) is 1. The molecule has 1 aromatic carbocycles. The van der Waals surface area contributed by atoms with Gasteiger partial charge in [0.1, 0.15) is 5.75 Å². The lowest BCUT2D eigenvalue weighted by Crippen LogP contribution is -2.07. The van der Waals surface area contributed by atoms with Gasteiger partial charge in [-0.25, -0.2) is 0 Å². The van der Waals surface area contributed by atoms with Crippen molar-refractivity contribution in [3.63, 3.8) is 0 Å². The fraction of sp³-hybridized carbons (Fsp3) is 0.500. The Balaban J connectivity index is 2.77. The lowest BCUT2D eigenvalue weighted by molar-refractivity contribution is 0.0967. The van der Waals surface area contributed by atoms with E-state index in [-0.39, 0.29) is 11.9 Å². The highest BCUT2D eigenvalue weighted by molar-refractivity contribution is 5.96. The summed E-state index contributed by atoms with van der Waals surface area (Å²) in [4.78, 5) is 11.8. The standard InChI is InChI=1S/C14H20O2/c1-10(2)8-14(15)12-6-5-7-13(9-12)16-11(3)4/h5-7,9-11H,8H2,1-4H3. The van der Waals surface area contributed by atoms with Crippen LogP contribution in [0.5, 0.6) is 5.75 Å². The van der Waals surface area contributed by atoms with E-state index in [1.807, 2.05) is 52.0 Å². The van der Waals surface area contributed by atoms with E-state index in [1.165, 1.54) is 0 Å². The Morgan fingerprint density at radius 3 is 2.50 bits per heavy atom. The van der Waals surface area contributed by atoms with Crippen LogP contribution in [0.1, 0.15) is 44.5 Å². The number of benzene rings is 1. The molecule has 0 unspecified atom stereocenters. The van der Waals surface area contributed by atoms with Crippen LogP contribution in [0.15, 0.2) is 24.3 Å². The largest absolute Gasteiger partial charge is 0.491 e. The molecule has 2 heteroatoms. The molecule has 0 N–H and O–H groups in total. The Labute approximate surface area is 97.6 Å². The highest BCUT2D eigenvalue weighted by Crippen LogP contribution is 2.17. The molecule has 1 aromatic rings.